The van der Waals surface area contributed by atoms with Crippen LogP contribution in [-0.2, 0) is 0 Å². The second-order valence-corrected chi connectivity index (χ2v) is 7.51. The lowest BCUT2D eigenvalue weighted by Gasteiger charge is -2.07. The van der Waals surface area contributed by atoms with Gasteiger partial charge in [-0.3, -0.25) is 0 Å². The van der Waals surface area contributed by atoms with Crippen molar-refractivity contribution in [3.63, 3.8) is 0 Å². The van der Waals surface area contributed by atoms with Crippen LogP contribution in [-0.4, -0.2) is 21.8 Å². The van der Waals surface area contributed by atoms with Crippen LogP contribution in [0.3, 0.4) is 0 Å². The highest BCUT2D eigenvalue weighted by Crippen LogP contribution is 2.33. The minimum Gasteiger partial charge on any atom is -0.504 e. The number of rotatable bonds is 10. The van der Waals surface area contributed by atoms with Gasteiger partial charge in [-0.05, 0) is 48.9 Å². The van der Waals surface area contributed by atoms with E-state index in [1.807, 2.05) is 29.6 Å². The maximum atomic E-state index is 9.64. The summed E-state index contributed by atoms with van der Waals surface area (Å²) >= 11 is 1.48. The summed E-state index contributed by atoms with van der Waals surface area (Å²) in [5, 5.41) is 25.0. The van der Waals surface area contributed by atoms with Crippen LogP contribution in [0.25, 0.3) is 11.3 Å². The predicted octanol–water partition coefficient (Wildman–Crippen LogP) is 6.31. The molecule has 0 saturated carbocycles. The highest BCUT2D eigenvalue weighted by Gasteiger charge is 2.08. The fourth-order valence-electron chi connectivity index (χ4n) is 2.80. The second kappa shape index (κ2) is 9.99. The van der Waals surface area contributed by atoms with Crippen molar-refractivity contribution in [1.29, 1.82) is 0 Å². The predicted molar refractivity (Wildman–Crippen MR) is 115 cm³/mol. The minimum atomic E-state index is -0.152. The summed E-state index contributed by atoms with van der Waals surface area (Å²) in [6.45, 7) is 2.97. The van der Waals surface area contributed by atoms with Gasteiger partial charge in [0.2, 0.25) is 0 Å². The fourth-order valence-corrected chi connectivity index (χ4v) is 3.54. The normalized spacial score (nSPS) is 10.8. The van der Waals surface area contributed by atoms with E-state index in [1.54, 1.807) is 6.07 Å². The van der Waals surface area contributed by atoms with Crippen LogP contribution >= 0.6 is 11.3 Å². The molecule has 0 amide bonds. The van der Waals surface area contributed by atoms with Gasteiger partial charge in [0.25, 0.3) is 0 Å². The number of nitrogens with one attached hydrogen (secondary N) is 1. The van der Waals surface area contributed by atoms with Gasteiger partial charge in [0.05, 0.1) is 12.3 Å². The fraction of sp³-hybridized carbons (Fsp3) is 0.318. The largest absolute Gasteiger partial charge is 0.504 e. The molecule has 6 heteroatoms. The highest BCUT2D eigenvalue weighted by atomic mass is 32.1. The average Bonchev–Trinajstić information content (AvgIpc) is 3.16. The quantitative estimate of drug-likeness (QED) is 0.275. The van der Waals surface area contributed by atoms with E-state index < -0.39 is 0 Å². The van der Waals surface area contributed by atoms with Crippen LogP contribution in [0.5, 0.6) is 17.2 Å². The first kappa shape index (κ1) is 20.0. The molecule has 0 saturated heterocycles. The minimum absolute atomic E-state index is 0.138. The van der Waals surface area contributed by atoms with E-state index >= 15 is 0 Å². The Kier molecular flexibility index (Phi) is 7.14. The standard InChI is InChI=1S/C22H26N2O3S/c1-2-3-4-5-6-13-27-18-10-8-17(9-11-18)23-22-24-19(15-28-22)16-7-12-20(25)21(26)14-16/h7-12,14-15,25-26H,2-6,13H2,1H3,(H,23,24). The van der Waals surface area contributed by atoms with Gasteiger partial charge in [0.15, 0.2) is 16.6 Å². The monoisotopic (exact) mass is 398 g/mol. The second-order valence-electron chi connectivity index (χ2n) is 6.65. The molecular weight excluding hydrogens is 372 g/mol. The number of aromatic hydroxyl groups is 2. The summed E-state index contributed by atoms with van der Waals surface area (Å²) in [6, 6.07) is 12.5. The van der Waals surface area contributed by atoms with Gasteiger partial charge in [0.1, 0.15) is 5.75 Å². The molecule has 148 valence electrons. The molecule has 0 radical (unpaired) electrons. The van der Waals surface area contributed by atoms with Crippen LogP contribution in [0, 0.1) is 0 Å². The van der Waals surface area contributed by atoms with E-state index in [-0.39, 0.29) is 11.5 Å². The molecule has 2 aromatic carbocycles. The molecule has 3 aromatic rings. The van der Waals surface area contributed by atoms with Crippen molar-refractivity contribution < 1.29 is 14.9 Å². The number of nitrogens with zero attached hydrogens (tertiary/aromatic N) is 1. The van der Waals surface area contributed by atoms with Crippen molar-refractivity contribution in [2.24, 2.45) is 0 Å². The number of thiazole rings is 1. The van der Waals surface area contributed by atoms with E-state index in [1.165, 1.54) is 49.2 Å². The van der Waals surface area contributed by atoms with Crippen LogP contribution in [0.15, 0.2) is 47.8 Å². The van der Waals surface area contributed by atoms with Gasteiger partial charge >= 0.3 is 0 Å². The number of ether oxygens (including phenoxy) is 1. The smallest absolute Gasteiger partial charge is 0.187 e. The molecule has 0 aliphatic heterocycles. The molecule has 28 heavy (non-hydrogen) atoms. The Morgan fingerprint density at radius 1 is 0.964 bits per heavy atom. The van der Waals surface area contributed by atoms with Crippen LogP contribution in [0.2, 0.25) is 0 Å². The molecule has 0 bridgehead atoms. The molecule has 0 aliphatic carbocycles. The Hall–Kier alpha value is -2.73. The summed E-state index contributed by atoms with van der Waals surface area (Å²) in [6.07, 6.45) is 6.15. The number of anilines is 2. The third kappa shape index (κ3) is 5.63. The molecule has 0 spiro atoms. The zero-order chi connectivity index (χ0) is 19.8. The molecule has 5 nitrogen and oxygen atoms in total. The Morgan fingerprint density at radius 2 is 1.75 bits per heavy atom. The van der Waals surface area contributed by atoms with Crippen molar-refractivity contribution in [2.45, 2.75) is 39.0 Å². The van der Waals surface area contributed by atoms with Crippen molar-refractivity contribution in [2.75, 3.05) is 11.9 Å². The zero-order valence-electron chi connectivity index (χ0n) is 16.0. The van der Waals surface area contributed by atoms with E-state index in [4.69, 9.17) is 4.74 Å². The SMILES string of the molecule is CCCCCCCOc1ccc(Nc2nc(-c3ccc(O)c(O)c3)cs2)cc1. The van der Waals surface area contributed by atoms with Crippen molar-refractivity contribution in [3.05, 3.63) is 47.8 Å². The summed E-state index contributed by atoms with van der Waals surface area (Å²) in [5.74, 6) is 0.585. The molecule has 1 heterocycles. The number of benzene rings is 2. The first-order valence-electron chi connectivity index (χ1n) is 9.63. The Balaban J connectivity index is 1.52. The highest BCUT2D eigenvalue weighted by molar-refractivity contribution is 7.14. The average molecular weight is 399 g/mol. The van der Waals surface area contributed by atoms with E-state index in [9.17, 15) is 10.2 Å². The zero-order valence-corrected chi connectivity index (χ0v) is 16.8. The van der Waals surface area contributed by atoms with Crippen molar-refractivity contribution in [3.8, 4) is 28.5 Å². The lowest BCUT2D eigenvalue weighted by Crippen LogP contribution is -1.97. The summed E-state index contributed by atoms with van der Waals surface area (Å²) in [4.78, 5) is 4.54. The first-order valence-corrected chi connectivity index (χ1v) is 10.5. The van der Waals surface area contributed by atoms with E-state index in [0.717, 1.165) is 40.9 Å². The number of hydrogen-bond donors (Lipinski definition) is 3. The molecule has 3 rings (SSSR count). The lowest BCUT2D eigenvalue weighted by molar-refractivity contribution is 0.304. The Labute approximate surface area is 169 Å². The number of hydrogen-bond acceptors (Lipinski definition) is 6. The number of phenols is 2. The van der Waals surface area contributed by atoms with Gasteiger partial charge in [-0.2, -0.15) is 0 Å². The maximum absolute atomic E-state index is 9.64. The third-order valence-electron chi connectivity index (χ3n) is 4.40. The van der Waals surface area contributed by atoms with Crippen LogP contribution in [0.4, 0.5) is 10.8 Å². The number of unbranched alkanes of at least 4 members (excludes halogenated alkanes) is 4. The van der Waals surface area contributed by atoms with E-state index in [2.05, 4.69) is 17.2 Å². The van der Waals surface area contributed by atoms with Crippen molar-refractivity contribution >= 4 is 22.2 Å². The van der Waals surface area contributed by atoms with Gasteiger partial charge < -0.3 is 20.3 Å². The summed E-state index contributed by atoms with van der Waals surface area (Å²) in [5.41, 5.74) is 2.43. The Morgan fingerprint density at radius 3 is 2.50 bits per heavy atom. The molecule has 0 unspecified atom stereocenters. The molecule has 0 atom stereocenters. The molecule has 3 N–H and O–H groups in total. The van der Waals surface area contributed by atoms with Crippen LogP contribution in [0.1, 0.15) is 39.0 Å². The third-order valence-corrected chi connectivity index (χ3v) is 5.16. The van der Waals surface area contributed by atoms with Gasteiger partial charge in [-0.15, -0.1) is 11.3 Å². The topological polar surface area (TPSA) is 74.6 Å². The first-order chi connectivity index (χ1) is 13.7. The van der Waals surface area contributed by atoms with Crippen LogP contribution < -0.4 is 10.1 Å². The number of phenolic OH excluding ortho intramolecular Hbond substituents is 2. The van der Waals surface area contributed by atoms with E-state index in [0.29, 0.717) is 0 Å². The molecule has 1 aromatic heterocycles. The molecular formula is C22H26N2O3S. The van der Waals surface area contributed by atoms with Gasteiger partial charge in [-0.25, -0.2) is 4.98 Å². The lowest BCUT2D eigenvalue weighted by atomic mass is 10.1. The molecule has 0 fully saturated rings. The van der Waals surface area contributed by atoms with Gasteiger partial charge in [0, 0.05) is 16.6 Å². The number of aromatic nitrogens is 1. The summed E-state index contributed by atoms with van der Waals surface area (Å²) in [7, 11) is 0. The maximum Gasteiger partial charge on any atom is 0.187 e. The summed E-state index contributed by atoms with van der Waals surface area (Å²) < 4.78 is 5.79. The van der Waals surface area contributed by atoms with Gasteiger partial charge in [-0.1, -0.05) is 32.6 Å². The molecule has 0 aliphatic rings. The Bertz CT molecular complexity index is 878. The van der Waals surface area contributed by atoms with Crippen molar-refractivity contribution in [1.82, 2.24) is 4.98 Å².